The molecule has 2 amide bonds. The summed E-state index contributed by atoms with van der Waals surface area (Å²) in [5.74, 6) is 0.294. The Morgan fingerprint density at radius 1 is 0.903 bits per heavy atom. The van der Waals surface area contributed by atoms with Crippen molar-refractivity contribution in [2.24, 2.45) is 0 Å². The molecule has 31 heavy (non-hydrogen) atoms. The summed E-state index contributed by atoms with van der Waals surface area (Å²) in [5, 5.41) is 0. The van der Waals surface area contributed by atoms with E-state index >= 15 is 0 Å². The summed E-state index contributed by atoms with van der Waals surface area (Å²) in [4.78, 5) is 34.1. The summed E-state index contributed by atoms with van der Waals surface area (Å²) < 4.78 is 0. The molecule has 3 aliphatic heterocycles. The molecule has 0 spiro atoms. The van der Waals surface area contributed by atoms with Gasteiger partial charge in [-0.05, 0) is 75.4 Å². The van der Waals surface area contributed by atoms with Crippen LogP contribution in [0, 0.1) is 0 Å². The highest BCUT2D eigenvalue weighted by Crippen LogP contribution is 2.31. The second-order valence-corrected chi connectivity index (χ2v) is 10.3. The molecular weight excluding hydrogens is 406 g/mol. The molecule has 1 aromatic heterocycles. The monoisotopic (exact) mass is 437 g/mol. The maximum Gasteiger partial charge on any atom is 0.263 e. The van der Waals surface area contributed by atoms with Gasteiger partial charge in [0.2, 0.25) is 0 Å². The Morgan fingerprint density at radius 3 is 2.35 bits per heavy atom. The van der Waals surface area contributed by atoms with Crippen LogP contribution in [-0.4, -0.2) is 71.3 Å². The molecule has 5 nitrogen and oxygen atoms in total. The maximum absolute atomic E-state index is 13.2. The van der Waals surface area contributed by atoms with E-state index in [1.54, 1.807) is 0 Å². The van der Waals surface area contributed by atoms with Crippen molar-refractivity contribution >= 4 is 23.2 Å². The molecule has 0 saturated carbocycles. The lowest BCUT2D eigenvalue weighted by molar-refractivity contribution is 0.0655. The zero-order valence-corrected chi connectivity index (χ0v) is 19.1. The SMILES string of the molecule is CC1CCCN1CC1CCCN1C(=O)c1ccc(-c2ccc(C(=O)N3CCC3)s2)cc1. The van der Waals surface area contributed by atoms with Crippen LogP contribution in [0.5, 0.6) is 0 Å². The Hall–Kier alpha value is -2.18. The minimum atomic E-state index is 0.140. The van der Waals surface area contributed by atoms with E-state index in [2.05, 4.69) is 16.7 Å². The molecule has 164 valence electrons. The number of benzene rings is 1. The van der Waals surface area contributed by atoms with Gasteiger partial charge in [-0.2, -0.15) is 0 Å². The number of carbonyl (C=O) groups is 2. The van der Waals surface area contributed by atoms with Crippen LogP contribution >= 0.6 is 11.3 Å². The number of likely N-dealkylation sites (tertiary alicyclic amines) is 3. The molecule has 4 heterocycles. The predicted molar refractivity (Wildman–Crippen MR) is 125 cm³/mol. The molecule has 3 fully saturated rings. The first-order valence-corrected chi connectivity index (χ1v) is 12.5. The second-order valence-electron chi connectivity index (χ2n) is 9.17. The van der Waals surface area contributed by atoms with Crippen LogP contribution in [0.15, 0.2) is 36.4 Å². The summed E-state index contributed by atoms with van der Waals surface area (Å²) in [7, 11) is 0. The number of amides is 2. The van der Waals surface area contributed by atoms with E-state index in [1.165, 1.54) is 24.2 Å². The first-order valence-electron chi connectivity index (χ1n) is 11.6. The van der Waals surface area contributed by atoms with Gasteiger partial charge in [-0.15, -0.1) is 11.3 Å². The van der Waals surface area contributed by atoms with Gasteiger partial charge in [0.1, 0.15) is 0 Å². The van der Waals surface area contributed by atoms with Crippen molar-refractivity contribution < 1.29 is 9.59 Å². The average Bonchev–Trinajstić information content (AvgIpc) is 3.48. The van der Waals surface area contributed by atoms with Crippen molar-refractivity contribution in [3.05, 3.63) is 46.8 Å². The molecule has 5 rings (SSSR count). The number of hydrogen-bond donors (Lipinski definition) is 0. The van der Waals surface area contributed by atoms with Crippen LogP contribution in [-0.2, 0) is 0 Å². The molecule has 2 atom stereocenters. The van der Waals surface area contributed by atoms with Gasteiger partial charge in [-0.25, -0.2) is 0 Å². The molecule has 0 aliphatic carbocycles. The smallest absolute Gasteiger partial charge is 0.263 e. The largest absolute Gasteiger partial charge is 0.338 e. The van der Waals surface area contributed by atoms with Gasteiger partial charge in [0.15, 0.2) is 0 Å². The first-order chi connectivity index (χ1) is 15.1. The lowest BCUT2D eigenvalue weighted by Gasteiger charge is -2.30. The average molecular weight is 438 g/mol. The van der Waals surface area contributed by atoms with Gasteiger partial charge in [-0.1, -0.05) is 12.1 Å². The zero-order valence-electron chi connectivity index (χ0n) is 18.3. The lowest BCUT2D eigenvalue weighted by Crippen LogP contribution is -2.44. The van der Waals surface area contributed by atoms with E-state index in [-0.39, 0.29) is 11.8 Å². The highest BCUT2D eigenvalue weighted by atomic mass is 32.1. The molecule has 3 saturated heterocycles. The van der Waals surface area contributed by atoms with Gasteiger partial charge in [0.05, 0.1) is 4.88 Å². The summed E-state index contributed by atoms with van der Waals surface area (Å²) in [6, 6.07) is 12.8. The lowest BCUT2D eigenvalue weighted by atomic mass is 10.1. The van der Waals surface area contributed by atoms with Crippen LogP contribution in [0.1, 0.15) is 59.1 Å². The van der Waals surface area contributed by atoms with Crippen LogP contribution in [0.3, 0.4) is 0 Å². The van der Waals surface area contributed by atoms with E-state index in [9.17, 15) is 9.59 Å². The first kappa shape index (κ1) is 20.7. The third kappa shape index (κ3) is 4.15. The molecule has 0 bridgehead atoms. The molecule has 0 N–H and O–H groups in total. The summed E-state index contributed by atoms with van der Waals surface area (Å²) >= 11 is 1.54. The normalized spacial score (nSPS) is 23.9. The van der Waals surface area contributed by atoms with E-state index in [0.29, 0.717) is 12.1 Å². The van der Waals surface area contributed by atoms with Crippen LogP contribution in [0.25, 0.3) is 10.4 Å². The van der Waals surface area contributed by atoms with Gasteiger partial charge >= 0.3 is 0 Å². The van der Waals surface area contributed by atoms with Gasteiger partial charge in [-0.3, -0.25) is 14.5 Å². The molecule has 1 aromatic carbocycles. The number of carbonyl (C=O) groups excluding carboxylic acids is 2. The predicted octanol–water partition coefficient (Wildman–Crippen LogP) is 4.35. The van der Waals surface area contributed by atoms with Crippen LogP contribution < -0.4 is 0 Å². The Bertz CT molecular complexity index is 950. The van der Waals surface area contributed by atoms with Crippen LogP contribution in [0.4, 0.5) is 0 Å². The molecule has 2 aromatic rings. The summed E-state index contributed by atoms with van der Waals surface area (Å²) in [5.41, 5.74) is 1.83. The zero-order chi connectivity index (χ0) is 21.4. The van der Waals surface area contributed by atoms with E-state index in [4.69, 9.17) is 0 Å². The molecular formula is C25H31N3O2S. The number of thiophene rings is 1. The number of rotatable bonds is 5. The standard InChI is InChI=1S/C25H31N3O2S/c1-18-5-2-13-27(18)17-21-6-3-16-28(21)24(29)20-9-7-19(8-10-20)22-11-12-23(31-22)25(30)26-14-4-15-26/h7-12,18,21H,2-6,13-17H2,1H3. The highest BCUT2D eigenvalue weighted by molar-refractivity contribution is 7.17. The Morgan fingerprint density at radius 2 is 1.68 bits per heavy atom. The quantitative estimate of drug-likeness (QED) is 0.699. The molecule has 2 unspecified atom stereocenters. The van der Waals surface area contributed by atoms with E-state index < -0.39 is 0 Å². The third-order valence-electron chi connectivity index (χ3n) is 7.15. The third-order valence-corrected chi connectivity index (χ3v) is 8.27. The van der Waals surface area contributed by atoms with E-state index in [1.807, 2.05) is 41.3 Å². The summed E-state index contributed by atoms with van der Waals surface area (Å²) in [6.07, 6.45) is 5.86. The Labute approximate surface area is 188 Å². The fourth-order valence-electron chi connectivity index (χ4n) is 5.05. The van der Waals surface area contributed by atoms with Crippen molar-refractivity contribution in [1.82, 2.24) is 14.7 Å². The van der Waals surface area contributed by atoms with Crippen molar-refractivity contribution in [3.8, 4) is 10.4 Å². The van der Waals surface area contributed by atoms with Gasteiger partial charge in [0, 0.05) is 48.7 Å². The highest BCUT2D eigenvalue weighted by Gasteiger charge is 2.33. The molecule has 3 aliphatic rings. The second kappa shape index (κ2) is 8.75. The Kier molecular flexibility index (Phi) is 5.85. The van der Waals surface area contributed by atoms with Gasteiger partial charge < -0.3 is 9.80 Å². The van der Waals surface area contributed by atoms with Crippen molar-refractivity contribution in [1.29, 1.82) is 0 Å². The molecule has 6 heteroatoms. The Balaban J connectivity index is 1.25. The fraction of sp³-hybridized carbons (Fsp3) is 0.520. The van der Waals surface area contributed by atoms with E-state index in [0.717, 1.165) is 72.9 Å². The fourth-order valence-corrected chi connectivity index (χ4v) is 6.03. The van der Waals surface area contributed by atoms with Crippen molar-refractivity contribution in [2.75, 3.05) is 32.7 Å². The van der Waals surface area contributed by atoms with Crippen molar-refractivity contribution in [3.63, 3.8) is 0 Å². The number of hydrogen-bond acceptors (Lipinski definition) is 4. The van der Waals surface area contributed by atoms with Crippen molar-refractivity contribution in [2.45, 2.75) is 51.1 Å². The minimum absolute atomic E-state index is 0.140. The molecule has 0 radical (unpaired) electrons. The minimum Gasteiger partial charge on any atom is -0.338 e. The van der Waals surface area contributed by atoms with Gasteiger partial charge in [0.25, 0.3) is 11.8 Å². The maximum atomic E-state index is 13.2. The summed E-state index contributed by atoms with van der Waals surface area (Å²) in [6.45, 7) is 7.08. The number of nitrogens with zero attached hydrogens (tertiary/aromatic N) is 3. The topological polar surface area (TPSA) is 43.9 Å². The van der Waals surface area contributed by atoms with Crippen LogP contribution in [0.2, 0.25) is 0 Å².